The lowest BCUT2D eigenvalue weighted by atomic mass is 9.81. The Morgan fingerprint density at radius 2 is 1.95 bits per heavy atom. The molecule has 1 aromatic carbocycles. The van der Waals surface area contributed by atoms with Crippen molar-refractivity contribution in [3.63, 3.8) is 0 Å². The van der Waals surface area contributed by atoms with Gasteiger partial charge in [0.2, 0.25) is 5.91 Å². The topological polar surface area (TPSA) is 136 Å². The fourth-order valence-electron chi connectivity index (χ4n) is 5.57. The highest BCUT2D eigenvalue weighted by atomic mass is 16.3. The summed E-state index contributed by atoms with van der Waals surface area (Å²) >= 11 is 0. The van der Waals surface area contributed by atoms with Gasteiger partial charge in [0.25, 0.3) is 5.91 Å². The number of hydrogen-bond donors (Lipinski definition) is 5. The van der Waals surface area contributed by atoms with E-state index in [0.29, 0.717) is 30.2 Å². The second-order valence-corrected chi connectivity index (χ2v) is 11.2. The molecule has 9 heteroatoms. The molecular formula is C30H42N6O3. The van der Waals surface area contributed by atoms with Gasteiger partial charge in [-0.25, -0.2) is 9.97 Å². The number of hydrogen-bond acceptors (Lipinski definition) is 5. The van der Waals surface area contributed by atoms with Gasteiger partial charge < -0.3 is 25.7 Å². The van der Waals surface area contributed by atoms with Crippen LogP contribution in [0.15, 0.2) is 49.4 Å². The van der Waals surface area contributed by atoms with E-state index in [1.54, 1.807) is 12.5 Å². The highest BCUT2D eigenvalue weighted by molar-refractivity contribution is 5.97. The van der Waals surface area contributed by atoms with Crippen LogP contribution < -0.4 is 10.6 Å². The molecule has 1 saturated carbocycles. The summed E-state index contributed by atoms with van der Waals surface area (Å²) < 4.78 is 0. The van der Waals surface area contributed by atoms with Crippen LogP contribution in [0.25, 0.3) is 11.0 Å². The molecule has 9 nitrogen and oxygen atoms in total. The van der Waals surface area contributed by atoms with Crippen molar-refractivity contribution in [2.24, 2.45) is 17.8 Å². The number of amides is 2. The first kappa shape index (κ1) is 28.5. The second-order valence-electron chi connectivity index (χ2n) is 11.2. The van der Waals surface area contributed by atoms with Crippen molar-refractivity contribution < 1.29 is 14.7 Å². The molecular weight excluding hydrogens is 492 g/mol. The van der Waals surface area contributed by atoms with Crippen LogP contribution in [0.5, 0.6) is 0 Å². The molecule has 4 atom stereocenters. The van der Waals surface area contributed by atoms with Gasteiger partial charge in [0.15, 0.2) is 5.82 Å². The van der Waals surface area contributed by atoms with Gasteiger partial charge in [0.05, 0.1) is 29.5 Å². The monoisotopic (exact) mass is 534 g/mol. The van der Waals surface area contributed by atoms with Gasteiger partial charge in [-0.3, -0.25) is 9.59 Å². The number of aromatic nitrogens is 4. The largest absolute Gasteiger partial charge is 0.391 e. The lowest BCUT2D eigenvalue weighted by Gasteiger charge is -2.33. The van der Waals surface area contributed by atoms with Crippen LogP contribution in [0.4, 0.5) is 0 Å². The van der Waals surface area contributed by atoms with E-state index in [4.69, 9.17) is 0 Å². The summed E-state index contributed by atoms with van der Waals surface area (Å²) in [6.45, 7) is 8.18. The SMILES string of the molecule is C=C[C@@H](C[C@@H](O)[C@H](CC1CCCCC1)NC(=O)[C@H](Cc1cnc[nH]1)NC(=O)c1nc2ccccc2[nH]1)C(C)C. The first-order valence-electron chi connectivity index (χ1n) is 14.2. The number of nitrogens with one attached hydrogen (secondary N) is 4. The normalized spacial score (nSPS) is 17.4. The molecule has 1 aliphatic rings. The zero-order chi connectivity index (χ0) is 27.8. The van der Waals surface area contributed by atoms with Crippen molar-refractivity contribution in [1.82, 2.24) is 30.6 Å². The van der Waals surface area contributed by atoms with Crippen LogP contribution in [-0.2, 0) is 11.2 Å². The highest BCUT2D eigenvalue weighted by Crippen LogP contribution is 2.30. The number of carbonyl (C=O) groups is 2. The molecule has 2 aromatic heterocycles. The molecule has 39 heavy (non-hydrogen) atoms. The van der Waals surface area contributed by atoms with Gasteiger partial charge in [-0.05, 0) is 42.7 Å². The standard InChI is InChI=1S/C30H42N6O3/c1-4-21(19(2)3)15-27(37)25(14-20-10-6-5-7-11-20)35-29(38)26(16-22-17-31-18-32-22)36-30(39)28-33-23-12-8-9-13-24(23)34-28/h4,8-9,12-13,17-21,25-27,37H,1,5-7,10-11,14-16H2,2-3H3,(H,31,32)(H,33,34)(H,35,38)(H,36,39)/t21-,25-,26-,27+/m0/s1. The Kier molecular flexibility index (Phi) is 9.92. The number of carbonyl (C=O) groups excluding carboxylic acids is 2. The maximum absolute atomic E-state index is 13.7. The number of aliphatic hydroxyl groups is 1. The number of aliphatic hydroxyl groups excluding tert-OH is 1. The van der Waals surface area contributed by atoms with Crippen LogP contribution in [0.2, 0.25) is 0 Å². The Balaban J connectivity index is 1.52. The van der Waals surface area contributed by atoms with E-state index in [1.807, 2.05) is 30.3 Å². The van der Waals surface area contributed by atoms with Crippen LogP contribution in [0, 0.1) is 17.8 Å². The minimum absolute atomic E-state index is 0.138. The molecule has 0 bridgehead atoms. The number of fused-ring (bicyclic) bond motifs is 1. The average Bonchev–Trinajstić information content (AvgIpc) is 3.61. The van der Waals surface area contributed by atoms with E-state index in [2.05, 4.69) is 51.0 Å². The lowest BCUT2D eigenvalue weighted by molar-refractivity contribution is -0.124. The number of para-hydroxylation sites is 2. The average molecular weight is 535 g/mol. The number of allylic oxidation sites excluding steroid dienone is 1. The number of rotatable bonds is 13. The van der Waals surface area contributed by atoms with Gasteiger partial charge in [-0.15, -0.1) is 6.58 Å². The quantitative estimate of drug-likeness (QED) is 0.208. The molecule has 1 fully saturated rings. The summed E-state index contributed by atoms with van der Waals surface area (Å²) in [6, 6.07) is 6.08. The van der Waals surface area contributed by atoms with Crippen molar-refractivity contribution in [2.45, 2.75) is 83.4 Å². The fraction of sp³-hybridized carbons (Fsp3) is 0.533. The summed E-state index contributed by atoms with van der Waals surface area (Å²) in [4.78, 5) is 41.4. The molecule has 4 rings (SSSR count). The van der Waals surface area contributed by atoms with Gasteiger partial charge in [-0.2, -0.15) is 0 Å². The molecule has 0 spiro atoms. The Labute approximate surface area is 230 Å². The van der Waals surface area contributed by atoms with Crippen molar-refractivity contribution >= 4 is 22.8 Å². The van der Waals surface area contributed by atoms with Crippen molar-refractivity contribution in [3.05, 3.63) is 61.0 Å². The Bertz CT molecular complexity index is 1180. The molecule has 0 aliphatic heterocycles. The van der Waals surface area contributed by atoms with Crippen molar-refractivity contribution in [1.29, 1.82) is 0 Å². The Morgan fingerprint density at radius 1 is 1.18 bits per heavy atom. The van der Waals surface area contributed by atoms with Gasteiger partial charge in [-0.1, -0.05) is 64.2 Å². The summed E-state index contributed by atoms with van der Waals surface area (Å²) in [5.41, 5.74) is 2.14. The molecule has 1 aliphatic carbocycles. The van der Waals surface area contributed by atoms with Gasteiger partial charge in [0, 0.05) is 18.3 Å². The molecule has 210 valence electrons. The summed E-state index contributed by atoms with van der Waals surface area (Å²) in [7, 11) is 0. The molecule has 0 radical (unpaired) electrons. The maximum Gasteiger partial charge on any atom is 0.287 e. The van der Waals surface area contributed by atoms with E-state index in [-0.39, 0.29) is 24.1 Å². The first-order valence-corrected chi connectivity index (χ1v) is 14.2. The Hall–Kier alpha value is -3.46. The highest BCUT2D eigenvalue weighted by Gasteiger charge is 2.31. The third kappa shape index (κ3) is 7.79. The smallest absolute Gasteiger partial charge is 0.287 e. The third-order valence-corrected chi connectivity index (χ3v) is 7.98. The summed E-state index contributed by atoms with van der Waals surface area (Å²) in [5, 5.41) is 17.3. The van der Waals surface area contributed by atoms with E-state index in [1.165, 1.54) is 19.3 Å². The summed E-state index contributed by atoms with van der Waals surface area (Å²) in [6.07, 6.45) is 11.6. The molecule has 2 heterocycles. The first-order chi connectivity index (χ1) is 18.8. The number of nitrogens with zero attached hydrogens (tertiary/aromatic N) is 2. The minimum atomic E-state index is -0.882. The predicted octanol–water partition coefficient (Wildman–Crippen LogP) is 4.29. The van der Waals surface area contributed by atoms with E-state index in [0.717, 1.165) is 24.1 Å². The zero-order valence-electron chi connectivity index (χ0n) is 23.0. The summed E-state index contributed by atoms with van der Waals surface area (Å²) in [5.74, 6) is 0.258. The van der Waals surface area contributed by atoms with E-state index in [9.17, 15) is 14.7 Å². The third-order valence-electron chi connectivity index (χ3n) is 7.98. The van der Waals surface area contributed by atoms with Crippen molar-refractivity contribution in [2.75, 3.05) is 0 Å². The lowest BCUT2D eigenvalue weighted by Crippen LogP contribution is -2.54. The van der Waals surface area contributed by atoms with Crippen LogP contribution in [0.1, 0.15) is 75.1 Å². The minimum Gasteiger partial charge on any atom is -0.391 e. The van der Waals surface area contributed by atoms with Crippen molar-refractivity contribution in [3.8, 4) is 0 Å². The van der Waals surface area contributed by atoms with E-state index >= 15 is 0 Å². The number of imidazole rings is 2. The Morgan fingerprint density at radius 3 is 2.62 bits per heavy atom. The second kappa shape index (κ2) is 13.6. The predicted molar refractivity (Wildman–Crippen MR) is 152 cm³/mol. The number of aromatic amines is 2. The van der Waals surface area contributed by atoms with Gasteiger partial charge in [0.1, 0.15) is 6.04 Å². The number of benzene rings is 1. The molecule has 2 amide bonds. The fourth-order valence-corrected chi connectivity index (χ4v) is 5.57. The molecule has 0 unspecified atom stereocenters. The zero-order valence-corrected chi connectivity index (χ0v) is 23.0. The van der Waals surface area contributed by atoms with Gasteiger partial charge >= 0.3 is 0 Å². The molecule has 3 aromatic rings. The molecule has 0 saturated heterocycles. The number of H-pyrrole nitrogens is 2. The van der Waals surface area contributed by atoms with Crippen LogP contribution in [-0.4, -0.2) is 55.0 Å². The maximum atomic E-state index is 13.7. The molecule has 5 N–H and O–H groups in total. The van der Waals surface area contributed by atoms with E-state index < -0.39 is 24.1 Å². The van der Waals surface area contributed by atoms with Crippen LogP contribution in [0.3, 0.4) is 0 Å². The van der Waals surface area contributed by atoms with Crippen LogP contribution >= 0.6 is 0 Å².